The van der Waals surface area contributed by atoms with Crippen LogP contribution in [0.15, 0.2) is 42.5 Å². The Balaban J connectivity index is 2.28. The van der Waals surface area contributed by atoms with E-state index in [1.807, 2.05) is 6.07 Å². The molecule has 0 bridgehead atoms. The molecule has 4 heteroatoms. The molecule has 3 nitrogen and oxygen atoms in total. The van der Waals surface area contributed by atoms with Gasteiger partial charge in [0.15, 0.2) is 0 Å². The Labute approximate surface area is 104 Å². The van der Waals surface area contributed by atoms with Gasteiger partial charge in [-0.15, -0.1) is 0 Å². The van der Waals surface area contributed by atoms with Crippen molar-refractivity contribution in [2.75, 3.05) is 5.73 Å². The van der Waals surface area contributed by atoms with Crippen LogP contribution in [0.1, 0.15) is 5.56 Å². The number of halogens is 1. The molecule has 17 heavy (non-hydrogen) atoms. The first-order chi connectivity index (χ1) is 8.19. The number of nitrogens with zero attached hydrogens (tertiary/aromatic N) is 1. The average Bonchev–Trinajstić information content (AvgIpc) is 2.32. The summed E-state index contributed by atoms with van der Waals surface area (Å²) in [7, 11) is 0. The Kier molecular flexibility index (Phi) is 3.17. The number of anilines is 1. The molecule has 2 N–H and O–H groups in total. The maximum Gasteiger partial charge on any atom is 0.128 e. The van der Waals surface area contributed by atoms with Gasteiger partial charge < -0.3 is 10.5 Å². The Morgan fingerprint density at radius 2 is 1.88 bits per heavy atom. The van der Waals surface area contributed by atoms with E-state index in [0.717, 1.165) is 0 Å². The van der Waals surface area contributed by atoms with Crippen LogP contribution in [0.5, 0.6) is 11.5 Å². The van der Waals surface area contributed by atoms with E-state index >= 15 is 0 Å². The van der Waals surface area contributed by atoms with Gasteiger partial charge in [-0.05, 0) is 30.3 Å². The number of hydrogen-bond donors (Lipinski definition) is 1. The van der Waals surface area contributed by atoms with E-state index in [2.05, 4.69) is 0 Å². The maximum absolute atomic E-state index is 8.85. The zero-order chi connectivity index (χ0) is 12.3. The summed E-state index contributed by atoms with van der Waals surface area (Å²) in [4.78, 5) is 0. The van der Waals surface area contributed by atoms with E-state index < -0.39 is 0 Å². The van der Waals surface area contributed by atoms with Crippen molar-refractivity contribution in [2.24, 2.45) is 0 Å². The van der Waals surface area contributed by atoms with Gasteiger partial charge in [-0.3, -0.25) is 0 Å². The van der Waals surface area contributed by atoms with Crippen LogP contribution in [0.4, 0.5) is 5.69 Å². The first kappa shape index (κ1) is 11.3. The van der Waals surface area contributed by atoms with Crippen LogP contribution in [-0.2, 0) is 0 Å². The van der Waals surface area contributed by atoms with Gasteiger partial charge in [-0.2, -0.15) is 5.26 Å². The summed E-state index contributed by atoms with van der Waals surface area (Å²) < 4.78 is 5.57. The predicted octanol–water partition coefficient (Wildman–Crippen LogP) is 3.59. The molecule has 0 unspecified atom stereocenters. The third-order valence-corrected chi connectivity index (χ3v) is 2.41. The number of hydrogen-bond acceptors (Lipinski definition) is 3. The lowest BCUT2D eigenvalue weighted by Gasteiger charge is -2.07. The van der Waals surface area contributed by atoms with E-state index in [-0.39, 0.29) is 0 Å². The molecule has 0 saturated carbocycles. The molecule has 0 amide bonds. The van der Waals surface area contributed by atoms with E-state index in [1.165, 1.54) is 0 Å². The second-order valence-electron chi connectivity index (χ2n) is 3.42. The van der Waals surface area contributed by atoms with Crippen molar-refractivity contribution in [1.82, 2.24) is 0 Å². The minimum atomic E-state index is 0.393. The molecule has 0 spiro atoms. The molecule has 0 atom stereocenters. The van der Waals surface area contributed by atoms with Crippen molar-refractivity contribution in [1.29, 1.82) is 5.26 Å². The van der Waals surface area contributed by atoms with Crippen molar-refractivity contribution in [3.8, 4) is 17.6 Å². The molecule has 0 saturated heterocycles. The van der Waals surface area contributed by atoms with E-state index in [0.29, 0.717) is 27.8 Å². The smallest absolute Gasteiger partial charge is 0.128 e. The molecule has 2 aromatic carbocycles. The van der Waals surface area contributed by atoms with Crippen molar-refractivity contribution in [3.05, 3.63) is 53.1 Å². The summed E-state index contributed by atoms with van der Waals surface area (Å²) in [5.74, 6) is 1.17. The van der Waals surface area contributed by atoms with Crippen LogP contribution in [0.3, 0.4) is 0 Å². The van der Waals surface area contributed by atoms with Crippen LogP contribution in [0.25, 0.3) is 0 Å². The predicted molar refractivity (Wildman–Crippen MR) is 67.1 cm³/mol. The molecular formula is C13H9ClN2O. The minimum Gasteiger partial charge on any atom is -0.457 e. The fourth-order valence-corrected chi connectivity index (χ4v) is 1.54. The minimum absolute atomic E-state index is 0.393. The molecule has 0 aliphatic heterocycles. The first-order valence-electron chi connectivity index (χ1n) is 4.92. The second-order valence-corrected chi connectivity index (χ2v) is 3.86. The highest BCUT2D eigenvalue weighted by Crippen LogP contribution is 2.26. The third kappa shape index (κ3) is 2.68. The van der Waals surface area contributed by atoms with Crippen LogP contribution < -0.4 is 10.5 Å². The van der Waals surface area contributed by atoms with Crippen molar-refractivity contribution >= 4 is 17.3 Å². The highest BCUT2D eigenvalue weighted by Gasteiger charge is 2.02. The van der Waals surface area contributed by atoms with Gasteiger partial charge in [0.2, 0.25) is 0 Å². The summed E-state index contributed by atoms with van der Waals surface area (Å²) in [6, 6.07) is 14.0. The Bertz CT molecular complexity index is 590. The number of nitrogen functional groups attached to an aromatic ring is 1. The molecule has 0 fully saturated rings. The standard InChI is InChI=1S/C13H9ClN2O/c14-10-2-1-3-11(7-10)17-12-4-5-13(16)9(6-12)8-15/h1-7H,16H2. The molecule has 0 radical (unpaired) electrons. The van der Waals surface area contributed by atoms with Crippen molar-refractivity contribution < 1.29 is 4.74 Å². The van der Waals surface area contributed by atoms with Gasteiger partial charge in [0.05, 0.1) is 5.56 Å². The van der Waals surface area contributed by atoms with Gasteiger partial charge in [0, 0.05) is 16.8 Å². The van der Waals surface area contributed by atoms with Gasteiger partial charge >= 0.3 is 0 Å². The Hall–Kier alpha value is -2.18. The quantitative estimate of drug-likeness (QED) is 0.822. The lowest BCUT2D eigenvalue weighted by Crippen LogP contribution is -1.91. The summed E-state index contributed by atoms with van der Waals surface area (Å²) in [5.41, 5.74) is 6.45. The number of benzene rings is 2. The SMILES string of the molecule is N#Cc1cc(Oc2cccc(Cl)c2)ccc1N. The molecule has 0 aliphatic carbocycles. The molecular weight excluding hydrogens is 236 g/mol. The average molecular weight is 245 g/mol. The van der Waals surface area contributed by atoms with Crippen molar-refractivity contribution in [2.45, 2.75) is 0 Å². The number of ether oxygens (including phenoxy) is 1. The topological polar surface area (TPSA) is 59.0 Å². The second kappa shape index (κ2) is 4.77. The zero-order valence-electron chi connectivity index (χ0n) is 8.85. The molecule has 84 valence electrons. The van der Waals surface area contributed by atoms with Crippen LogP contribution in [-0.4, -0.2) is 0 Å². The Morgan fingerprint density at radius 1 is 1.12 bits per heavy atom. The molecule has 2 aromatic rings. The van der Waals surface area contributed by atoms with E-state index in [9.17, 15) is 0 Å². The zero-order valence-corrected chi connectivity index (χ0v) is 9.61. The van der Waals surface area contributed by atoms with E-state index in [1.54, 1.807) is 42.5 Å². The van der Waals surface area contributed by atoms with Crippen LogP contribution in [0.2, 0.25) is 5.02 Å². The lowest BCUT2D eigenvalue weighted by atomic mass is 10.2. The molecule has 0 heterocycles. The highest BCUT2D eigenvalue weighted by atomic mass is 35.5. The fourth-order valence-electron chi connectivity index (χ4n) is 1.36. The largest absolute Gasteiger partial charge is 0.457 e. The summed E-state index contributed by atoms with van der Waals surface area (Å²) >= 11 is 5.84. The van der Waals surface area contributed by atoms with Gasteiger partial charge in [-0.1, -0.05) is 17.7 Å². The normalized spacial score (nSPS) is 9.65. The number of rotatable bonds is 2. The fraction of sp³-hybridized carbons (Fsp3) is 0. The first-order valence-corrected chi connectivity index (χ1v) is 5.30. The van der Waals surface area contributed by atoms with Gasteiger partial charge in [0.1, 0.15) is 17.6 Å². The summed E-state index contributed by atoms with van der Waals surface area (Å²) in [6.07, 6.45) is 0. The highest BCUT2D eigenvalue weighted by molar-refractivity contribution is 6.30. The lowest BCUT2D eigenvalue weighted by molar-refractivity contribution is 0.482. The molecule has 0 aromatic heterocycles. The van der Waals surface area contributed by atoms with Crippen LogP contribution >= 0.6 is 11.6 Å². The van der Waals surface area contributed by atoms with Gasteiger partial charge in [0.25, 0.3) is 0 Å². The van der Waals surface area contributed by atoms with Gasteiger partial charge in [-0.25, -0.2) is 0 Å². The molecule has 2 rings (SSSR count). The maximum atomic E-state index is 8.85. The van der Waals surface area contributed by atoms with Crippen molar-refractivity contribution in [3.63, 3.8) is 0 Å². The number of nitriles is 1. The monoisotopic (exact) mass is 244 g/mol. The molecule has 0 aliphatic rings. The number of nitrogens with two attached hydrogens (primary N) is 1. The third-order valence-electron chi connectivity index (χ3n) is 2.18. The summed E-state index contributed by atoms with van der Waals surface area (Å²) in [6.45, 7) is 0. The summed E-state index contributed by atoms with van der Waals surface area (Å²) in [5, 5.41) is 9.44. The van der Waals surface area contributed by atoms with Crippen LogP contribution in [0, 0.1) is 11.3 Å². The Morgan fingerprint density at radius 3 is 2.59 bits per heavy atom. The van der Waals surface area contributed by atoms with E-state index in [4.69, 9.17) is 27.3 Å².